The first-order valence-corrected chi connectivity index (χ1v) is 13.3. The van der Waals surface area contributed by atoms with Crippen LogP contribution in [0, 0.1) is 5.82 Å². The molecule has 1 unspecified atom stereocenters. The van der Waals surface area contributed by atoms with Crippen LogP contribution in [0.1, 0.15) is 18.9 Å². The summed E-state index contributed by atoms with van der Waals surface area (Å²) in [6, 6.07) is 18.4. The van der Waals surface area contributed by atoms with Crippen molar-refractivity contribution in [2.45, 2.75) is 25.0 Å². The first kappa shape index (κ1) is 28.0. The third-order valence-electron chi connectivity index (χ3n) is 5.97. The number of carbonyl (C=O) groups excluding carboxylic acids is 2. The second-order valence-corrected chi connectivity index (χ2v) is 9.79. The Hall–Kier alpha value is -4.05. The van der Waals surface area contributed by atoms with Gasteiger partial charge in [-0.15, -0.1) is 0 Å². The number of hydrogen-bond donors (Lipinski definition) is 1. The van der Waals surface area contributed by atoms with Gasteiger partial charge in [-0.1, -0.05) is 23.9 Å². The molecule has 204 valence electrons. The van der Waals surface area contributed by atoms with Gasteiger partial charge in [0, 0.05) is 24.7 Å². The summed E-state index contributed by atoms with van der Waals surface area (Å²) in [4.78, 5) is 32.7. The van der Waals surface area contributed by atoms with E-state index in [0.717, 1.165) is 5.56 Å². The van der Waals surface area contributed by atoms with E-state index in [0.29, 0.717) is 53.4 Å². The minimum Gasteiger partial charge on any atom is -0.494 e. The fraction of sp³-hybridized carbons (Fsp3) is 0.276. The van der Waals surface area contributed by atoms with E-state index in [2.05, 4.69) is 10.3 Å². The molecular formula is C29H30FN3O5S. The van der Waals surface area contributed by atoms with Gasteiger partial charge in [0.2, 0.25) is 11.8 Å². The van der Waals surface area contributed by atoms with Crippen LogP contribution in [-0.4, -0.2) is 54.5 Å². The Morgan fingerprint density at radius 2 is 1.85 bits per heavy atom. The van der Waals surface area contributed by atoms with Gasteiger partial charge in [0.1, 0.15) is 16.8 Å². The maximum Gasteiger partial charge on any atom is 0.238 e. The molecule has 3 aromatic carbocycles. The van der Waals surface area contributed by atoms with Crippen LogP contribution in [0.4, 0.5) is 15.8 Å². The van der Waals surface area contributed by atoms with Gasteiger partial charge >= 0.3 is 0 Å². The van der Waals surface area contributed by atoms with E-state index in [-0.39, 0.29) is 24.1 Å². The fourth-order valence-electron chi connectivity index (χ4n) is 4.02. The Morgan fingerprint density at radius 3 is 2.56 bits per heavy atom. The van der Waals surface area contributed by atoms with E-state index in [4.69, 9.17) is 14.2 Å². The summed E-state index contributed by atoms with van der Waals surface area (Å²) in [5.74, 6) is 0.933. The number of amidine groups is 1. The molecule has 1 fully saturated rings. The number of nitrogens with one attached hydrogen (secondary N) is 1. The van der Waals surface area contributed by atoms with Crippen molar-refractivity contribution in [3.8, 4) is 17.2 Å². The van der Waals surface area contributed by atoms with E-state index in [1.54, 1.807) is 37.3 Å². The summed E-state index contributed by atoms with van der Waals surface area (Å²) in [5, 5.41) is 2.56. The molecule has 0 bridgehead atoms. The van der Waals surface area contributed by atoms with Gasteiger partial charge in [0.05, 0.1) is 26.5 Å². The smallest absolute Gasteiger partial charge is 0.238 e. The summed E-state index contributed by atoms with van der Waals surface area (Å²) in [7, 11) is 3.14. The van der Waals surface area contributed by atoms with Crippen LogP contribution >= 0.6 is 11.8 Å². The zero-order chi connectivity index (χ0) is 27.8. The number of rotatable bonds is 10. The predicted octanol–water partition coefficient (Wildman–Crippen LogP) is 5.44. The van der Waals surface area contributed by atoms with Crippen molar-refractivity contribution in [3.63, 3.8) is 0 Å². The Bertz CT molecular complexity index is 1350. The lowest BCUT2D eigenvalue weighted by Crippen LogP contribution is -2.46. The number of amides is 2. The van der Waals surface area contributed by atoms with Crippen molar-refractivity contribution < 1.29 is 28.2 Å². The molecule has 0 saturated carbocycles. The number of hydrogen-bond acceptors (Lipinski definition) is 7. The van der Waals surface area contributed by atoms with Crippen LogP contribution < -0.4 is 19.5 Å². The van der Waals surface area contributed by atoms with Crippen LogP contribution in [0.2, 0.25) is 0 Å². The lowest BCUT2D eigenvalue weighted by Gasteiger charge is -2.32. The number of nitrogens with zero attached hydrogens (tertiary/aromatic N) is 2. The maximum atomic E-state index is 13.5. The molecule has 1 aliphatic rings. The van der Waals surface area contributed by atoms with Crippen LogP contribution in [0.5, 0.6) is 17.2 Å². The summed E-state index contributed by atoms with van der Waals surface area (Å²) < 4.78 is 29.7. The molecule has 39 heavy (non-hydrogen) atoms. The standard InChI is InChI=1S/C29H30FN3O5S/c1-4-38-23-7-5-6-22(17-23)31-28(35)26-18-27(34)33(29(39-26)32-21-11-9-20(30)10-12-21)15-14-19-8-13-24(36-2)25(16-19)37-3/h5-13,16-17,26H,4,14-15,18H2,1-3H3,(H,31,35). The lowest BCUT2D eigenvalue weighted by molar-refractivity contribution is -0.129. The summed E-state index contributed by atoms with van der Waals surface area (Å²) >= 11 is 1.21. The average Bonchev–Trinajstić information content (AvgIpc) is 2.94. The highest BCUT2D eigenvalue weighted by molar-refractivity contribution is 8.15. The Morgan fingerprint density at radius 1 is 1.08 bits per heavy atom. The van der Waals surface area contributed by atoms with Crippen molar-refractivity contribution in [1.82, 2.24) is 4.90 Å². The quantitative estimate of drug-likeness (QED) is 0.361. The first-order valence-electron chi connectivity index (χ1n) is 12.5. The molecule has 1 N–H and O–H groups in total. The number of ether oxygens (including phenoxy) is 3. The molecule has 8 nitrogen and oxygen atoms in total. The molecular weight excluding hydrogens is 521 g/mol. The monoisotopic (exact) mass is 551 g/mol. The Kier molecular flexibility index (Phi) is 9.43. The summed E-state index contributed by atoms with van der Waals surface area (Å²) in [5.41, 5.74) is 2.00. The van der Waals surface area contributed by atoms with Crippen LogP contribution in [0.25, 0.3) is 0 Å². The SMILES string of the molecule is CCOc1cccc(NC(=O)C2CC(=O)N(CCc3ccc(OC)c(OC)c3)C(=Nc3ccc(F)cc3)S2)c1. The number of benzene rings is 3. The van der Waals surface area contributed by atoms with E-state index in [1.165, 1.54) is 36.0 Å². The molecule has 3 aromatic rings. The molecule has 1 aliphatic heterocycles. The zero-order valence-electron chi connectivity index (χ0n) is 22.0. The highest BCUT2D eigenvalue weighted by Crippen LogP contribution is 2.32. The second-order valence-electron chi connectivity index (χ2n) is 8.62. The number of methoxy groups -OCH3 is 2. The molecule has 1 heterocycles. The largest absolute Gasteiger partial charge is 0.494 e. The molecule has 10 heteroatoms. The first-order chi connectivity index (χ1) is 18.9. The molecule has 4 rings (SSSR count). The molecule has 2 amide bonds. The minimum atomic E-state index is -0.690. The Labute approximate surface area is 231 Å². The molecule has 0 aliphatic carbocycles. The van der Waals surface area contributed by atoms with Crippen molar-refractivity contribution in [3.05, 3.63) is 78.1 Å². The van der Waals surface area contributed by atoms with E-state index in [9.17, 15) is 14.0 Å². The van der Waals surface area contributed by atoms with E-state index in [1.807, 2.05) is 31.2 Å². The topological polar surface area (TPSA) is 89.5 Å². The van der Waals surface area contributed by atoms with Gasteiger partial charge in [0.25, 0.3) is 0 Å². The minimum absolute atomic E-state index is 0.00994. The van der Waals surface area contributed by atoms with Gasteiger partial charge in [-0.25, -0.2) is 9.38 Å². The maximum absolute atomic E-state index is 13.5. The second kappa shape index (κ2) is 13.1. The van der Waals surface area contributed by atoms with E-state index >= 15 is 0 Å². The highest BCUT2D eigenvalue weighted by atomic mass is 32.2. The average molecular weight is 552 g/mol. The lowest BCUT2D eigenvalue weighted by atomic mass is 10.1. The van der Waals surface area contributed by atoms with Crippen molar-refractivity contribution in [1.29, 1.82) is 0 Å². The normalized spacial score (nSPS) is 16.2. The highest BCUT2D eigenvalue weighted by Gasteiger charge is 2.36. The van der Waals surface area contributed by atoms with Crippen LogP contribution in [-0.2, 0) is 16.0 Å². The van der Waals surface area contributed by atoms with Gasteiger partial charge in [-0.3, -0.25) is 14.5 Å². The molecule has 0 radical (unpaired) electrons. The van der Waals surface area contributed by atoms with Gasteiger partial charge in [-0.05, 0) is 67.4 Å². The van der Waals surface area contributed by atoms with Crippen LogP contribution in [0.15, 0.2) is 71.7 Å². The number of aliphatic imine (C=N–C) groups is 1. The molecule has 1 atom stereocenters. The third kappa shape index (κ3) is 7.29. The molecule has 0 aromatic heterocycles. The number of anilines is 1. The van der Waals surface area contributed by atoms with E-state index < -0.39 is 5.25 Å². The Balaban J connectivity index is 1.54. The zero-order valence-corrected chi connectivity index (χ0v) is 22.8. The van der Waals surface area contributed by atoms with Crippen molar-refractivity contribution in [2.75, 3.05) is 32.7 Å². The van der Waals surface area contributed by atoms with Crippen molar-refractivity contribution in [2.24, 2.45) is 4.99 Å². The predicted molar refractivity (Wildman–Crippen MR) is 151 cm³/mol. The van der Waals surface area contributed by atoms with Gasteiger partial charge < -0.3 is 19.5 Å². The van der Waals surface area contributed by atoms with Crippen molar-refractivity contribution >= 4 is 40.1 Å². The number of thioether (sulfide) groups is 1. The number of carbonyl (C=O) groups is 2. The van der Waals surface area contributed by atoms with Gasteiger partial charge in [-0.2, -0.15) is 0 Å². The summed E-state index contributed by atoms with van der Waals surface area (Å²) in [6.45, 7) is 2.73. The fourth-order valence-corrected chi connectivity index (χ4v) is 5.14. The molecule has 0 spiro atoms. The molecule has 1 saturated heterocycles. The number of halogens is 1. The summed E-state index contributed by atoms with van der Waals surface area (Å²) in [6.07, 6.45) is 0.534. The van der Waals surface area contributed by atoms with Gasteiger partial charge in [0.15, 0.2) is 16.7 Å². The third-order valence-corrected chi connectivity index (χ3v) is 7.16. The van der Waals surface area contributed by atoms with Crippen LogP contribution in [0.3, 0.4) is 0 Å².